The predicted molar refractivity (Wildman–Crippen MR) is 71.8 cm³/mol. The number of nitrogens with zero attached hydrogens (tertiary/aromatic N) is 1. The van der Waals surface area contributed by atoms with Crippen LogP contribution in [0.4, 0.5) is 0 Å². The lowest BCUT2D eigenvalue weighted by Crippen LogP contribution is -2.43. The maximum Gasteiger partial charge on any atom is 0.0112 e. The van der Waals surface area contributed by atoms with Crippen LogP contribution in [0.15, 0.2) is 0 Å². The van der Waals surface area contributed by atoms with Crippen molar-refractivity contribution in [3.05, 3.63) is 0 Å². The highest BCUT2D eigenvalue weighted by atomic mass is 15.2. The fourth-order valence-corrected chi connectivity index (χ4v) is 2.63. The molecule has 1 atom stereocenters. The van der Waals surface area contributed by atoms with Gasteiger partial charge in [-0.3, -0.25) is 4.90 Å². The monoisotopic (exact) mass is 226 g/mol. The minimum absolute atomic E-state index is 0.655. The highest BCUT2D eigenvalue weighted by Crippen LogP contribution is 2.33. The van der Waals surface area contributed by atoms with E-state index in [4.69, 9.17) is 0 Å². The standard InChI is InChI=1S/C14H30N2/c1-6-14(13-7-8-13)15-9-10-16(11(2)3)12(4)5/h11-15H,6-10H2,1-5H3. The van der Waals surface area contributed by atoms with Crippen molar-refractivity contribution >= 4 is 0 Å². The van der Waals surface area contributed by atoms with E-state index >= 15 is 0 Å². The molecule has 0 heterocycles. The summed E-state index contributed by atoms with van der Waals surface area (Å²) in [5.74, 6) is 0.983. The van der Waals surface area contributed by atoms with Gasteiger partial charge in [0.1, 0.15) is 0 Å². The van der Waals surface area contributed by atoms with Crippen molar-refractivity contribution in [1.82, 2.24) is 10.2 Å². The second-order valence-electron chi connectivity index (χ2n) is 5.73. The fraction of sp³-hybridized carbons (Fsp3) is 1.00. The van der Waals surface area contributed by atoms with Crippen LogP contribution in [0.25, 0.3) is 0 Å². The van der Waals surface area contributed by atoms with Crippen LogP contribution in [0.2, 0.25) is 0 Å². The summed E-state index contributed by atoms with van der Waals surface area (Å²) in [7, 11) is 0. The Labute approximate surface area is 102 Å². The van der Waals surface area contributed by atoms with Crippen LogP contribution in [0, 0.1) is 5.92 Å². The van der Waals surface area contributed by atoms with Gasteiger partial charge in [-0.1, -0.05) is 6.92 Å². The largest absolute Gasteiger partial charge is 0.312 e. The van der Waals surface area contributed by atoms with Crippen LogP contribution < -0.4 is 5.32 Å². The molecule has 1 N–H and O–H groups in total. The first-order valence-electron chi connectivity index (χ1n) is 7.05. The summed E-state index contributed by atoms with van der Waals surface area (Å²) in [6.45, 7) is 13.8. The van der Waals surface area contributed by atoms with Crippen molar-refractivity contribution in [1.29, 1.82) is 0 Å². The molecule has 0 amide bonds. The van der Waals surface area contributed by atoms with Crippen LogP contribution in [0.5, 0.6) is 0 Å². The van der Waals surface area contributed by atoms with E-state index in [1.807, 2.05) is 0 Å². The molecule has 0 aliphatic heterocycles. The third kappa shape index (κ3) is 4.42. The summed E-state index contributed by atoms with van der Waals surface area (Å²) < 4.78 is 0. The maximum atomic E-state index is 3.73. The van der Waals surface area contributed by atoms with Gasteiger partial charge in [0, 0.05) is 31.2 Å². The summed E-state index contributed by atoms with van der Waals surface area (Å²) in [5, 5.41) is 3.73. The van der Waals surface area contributed by atoms with Gasteiger partial charge in [0.05, 0.1) is 0 Å². The van der Waals surface area contributed by atoms with E-state index < -0.39 is 0 Å². The molecular formula is C14H30N2. The molecule has 1 saturated carbocycles. The molecule has 1 unspecified atom stereocenters. The average molecular weight is 226 g/mol. The Kier molecular flexibility index (Phi) is 5.77. The first-order valence-corrected chi connectivity index (χ1v) is 7.05. The zero-order valence-electron chi connectivity index (χ0n) is 11.8. The summed E-state index contributed by atoms with van der Waals surface area (Å²) in [4.78, 5) is 2.56. The first kappa shape index (κ1) is 14.0. The van der Waals surface area contributed by atoms with Crippen molar-refractivity contribution in [3.8, 4) is 0 Å². The smallest absolute Gasteiger partial charge is 0.0112 e. The van der Waals surface area contributed by atoms with Gasteiger partial charge in [-0.25, -0.2) is 0 Å². The SMILES string of the molecule is CCC(NCCN(C(C)C)C(C)C)C1CC1. The average Bonchev–Trinajstić information content (AvgIpc) is 3.00. The van der Waals surface area contributed by atoms with Gasteiger partial charge in [-0.05, 0) is 52.9 Å². The zero-order valence-corrected chi connectivity index (χ0v) is 11.8. The van der Waals surface area contributed by atoms with E-state index in [2.05, 4.69) is 44.8 Å². The van der Waals surface area contributed by atoms with E-state index in [-0.39, 0.29) is 0 Å². The minimum Gasteiger partial charge on any atom is -0.312 e. The number of hydrogen-bond donors (Lipinski definition) is 1. The molecule has 0 spiro atoms. The van der Waals surface area contributed by atoms with E-state index in [1.165, 1.54) is 25.8 Å². The molecule has 96 valence electrons. The van der Waals surface area contributed by atoms with Crippen molar-refractivity contribution in [2.45, 2.75) is 72.0 Å². The lowest BCUT2D eigenvalue weighted by Gasteiger charge is -2.31. The minimum atomic E-state index is 0.655. The van der Waals surface area contributed by atoms with Crippen LogP contribution in [-0.4, -0.2) is 36.1 Å². The quantitative estimate of drug-likeness (QED) is 0.684. The van der Waals surface area contributed by atoms with Gasteiger partial charge >= 0.3 is 0 Å². The fourth-order valence-electron chi connectivity index (χ4n) is 2.63. The summed E-state index contributed by atoms with van der Waals surface area (Å²) in [6.07, 6.45) is 4.18. The Bertz CT molecular complexity index is 177. The number of nitrogens with one attached hydrogen (secondary N) is 1. The Morgan fingerprint density at radius 1 is 1.12 bits per heavy atom. The molecule has 1 aliphatic carbocycles. The van der Waals surface area contributed by atoms with Crippen LogP contribution in [-0.2, 0) is 0 Å². The third-order valence-corrected chi connectivity index (χ3v) is 3.73. The molecule has 0 aromatic heterocycles. The van der Waals surface area contributed by atoms with Crippen molar-refractivity contribution in [2.24, 2.45) is 5.92 Å². The van der Waals surface area contributed by atoms with Gasteiger partial charge in [-0.2, -0.15) is 0 Å². The van der Waals surface area contributed by atoms with Crippen molar-refractivity contribution < 1.29 is 0 Å². The predicted octanol–water partition coefficient (Wildman–Crippen LogP) is 2.88. The maximum absolute atomic E-state index is 3.73. The molecule has 0 bridgehead atoms. The van der Waals surface area contributed by atoms with Gasteiger partial charge in [-0.15, -0.1) is 0 Å². The van der Waals surface area contributed by atoms with Crippen LogP contribution in [0.3, 0.4) is 0 Å². The Morgan fingerprint density at radius 2 is 1.69 bits per heavy atom. The molecule has 1 fully saturated rings. The third-order valence-electron chi connectivity index (χ3n) is 3.73. The topological polar surface area (TPSA) is 15.3 Å². The second kappa shape index (κ2) is 6.61. The molecule has 2 nitrogen and oxygen atoms in total. The lowest BCUT2D eigenvalue weighted by molar-refractivity contribution is 0.173. The molecule has 1 rings (SSSR count). The first-order chi connectivity index (χ1) is 7.56. The lowest BCUT2D eigenvalue weighted by atomic mass is 10.1. The van der Waals surface area contributed by atoms with Crippen molar-refractivity contribution in [2.75, 3.05) is 13.1 Å². The Hall–Kier alpha value is -0.0800. The molecule has 0 aromatic carbocycles. The highest BCUT2D eigenvalue weighted by molar-refractivity contribution is 4.85. The van der Waals surface area contributed by atoms with Crippen LogP contribution >= 0.6 is 0 Å². The van der Waals surface area contributed by atoms with Crippen LogP contribution in [0.1, 0.15) is 53.9 Å². The van der Waals surface area contributed by atoms with Gasteiger partial charge in [0.2, 0.25) is 0 Å². The van der Waals surface area contributed by atoms with Crippen molar-refractivity contribution in [3.63, 3.8) is 0 Å². The molecule has 0 radical (unpaired) electrons. The molecular weight excluding hydrogens is 196 g/mol. The second-order valence-corrected chi connectivity index (χ2v) is 5.73. The number of hydrogen-bond acceptors (Lipinski definition) is 2. The van der Waals surface area contributed by atoms with E-state index in [9.17, 15) is 0 Å². The molecule has 1 aliphatic rings. The van der Waals surface area contributed by atoms with Gasteiger partial charge in [0.25, 0.3) is 0 Å². The normalized spacial score (nSPS) is 18.8. The summed E-state index contributed by atoms with van der Waals surface area (Å²) >= 11 is 0. The van der Waals surface area contributed by atoms with E-state index in [1.54, 1.807) is 0 Å². The summed E-state index contributed by atoms with van der Waals surface area (Å²) in [5.41, 5.74) is 0. The molecule has 2 heteroatoms. The van der Waals surface area contributed by atoms with E-state index in [0.29, 0.717) is 12.1 Å². The number of rotatable bonds is 8. The Balaban J connectivity index is 2.21. The molecule has 0 saturated heterocycles. The highest BCUT2D eigenvalue weighted by Gasteiger charge is 2.29. The molecule has 0 aromatic rings. The molecule has 16 heavy (non-hydrogen) atoms. The summed E-state index contributed by atoms with van der Waals surface area (Å²) in [6, 6.07) is 2.09. The zero-order chi connectivity index (χ0) is 12.1. The Morgan fingerprint density at radius 3 is 2.06 bits per heavy atom. The van der Waals surface area contributed by atoms with Gasteiger partial charge in [0.15, 0.2) is 0 Å². The van der Waals surface area contributed by atoms with E-state index in [0.717, 1.165) is 18.5 Å². The van der Waals surface area contributed by atoms with Gasteiger partial charge < -0.3 is 5.32 Å².